The number of fused-ring (bicyclic) bond motifs is 1. The Morgan fingerprint density at radius 2 is 2.11 bits per heavy atom. The largest absolute Gasteiger partial charge is 0.361 e. The summed E-state index contributed by atoms with van der Waals surface area (Å²) >= 11 is 0. The van der Waals surface area contributed by atoms with Gasteiger partial charge >= 0.3 is 0 Å². The lowest BCUT2D eigenvalue weighted by molar-refractivity contribution is 0.279. The second-order valence-electron chi connectivity index (χ2n) is 5.61. The topological polar surface area (TPSA) is 27.8 Å². The van der Waals surface area contributed by atoms with E-state index in [0.29, 0.717) is 6.04 Å². The molecule has 96 valence electrons. The minimum atomic E-state index is 0.702. The Morgan fingerprint density at radius 3 is 3.00 bits per heavy atom. The number of benzene rings is 1. The van der Waals surface area contributed by atoms with E-state index < -0.39 is 0 Å². The van der Waals surface area contributed by atoms with Crippen molar-refractivity contribution in [1.82, 2.24) is 10.3 Å². The molecule has 0 amide bonds. The monoisotopic (exact) mass is 242 g/mol. The average molecular weight is 242 g/mol. The molecule has 0 spiro atoms. The molecule has 1 saturated carbocycles. The molecule has 0 saturated heterocycles. The molecule has 1 heterocycles. The third-order valence-electron chi connectivity index (χ3n) is 4.35. The minimum absolute atomic E-state index is 0.702. The lowest BCUT2D eigenvalue weighted by Crippen LogP contribution is -2.36. The molecule has 18 heavy (non-hydrogen) atoms. The number of rotatable bonds is 3. The van der Waals surface area contributed by atoms with Gasteiger partial charge in [-0.05, 0) is 36.5 Å². The van der Waals surface area contributed by atoms with Crippen LogP contribution in [0.1, 0.15) is 38.2 Å². The Labute approximate surface area is 109 Å². The number of H-pyrrole nitrogens is 1. The average Bonchev–Trinajstić information content (AvgIpc) is 2.86. The van der Waals surface area contributed by atoms with E-state index in [2.05, 4.69) is 41.5 Å². The van der Waals surface area contributed by atoms with E-state index in [1.807, 2.05) is 6.20 Å². The number of hydrogen-bond donors (Lipinski definition) is 2. The van der Waals surface area contributed by atoms with Gasteiger partial charge in [0.2, 0.25) is 0 Å². The Balaban J connectivity index is 1.71. The summed E-state index contributed by atoms with van der Waals surface area (Å²) in [6.07, 6.45) is 7.54. The number of aromatic amines is 1. The first-order chi connectivity index (χ1) is 8.84. The van der Waals surface area contributed by atoms with Crippen LogP contribution in [0.3, 0.4) is 0 Å². The molecule has 1 aromatic carbocycles. The lowest BCUT2D eigenvalue weighted by Gasteiger charge is -2.29. The van der Waals surface area contributed by atoms with Crippen LogP contribution in [-0.4, -0.2) is 11.0 Å². The molecular weight excluding hydrogens is 220 g/mol. The van der Waals surface area contributed by atoms with Crippen molar-refractivity contribution in [2.45, 2.75) is 45.2 Å². The lowest BCUT2D eigenvalue weighted by atomic mass is 9.86. The van der Waals surface area contributed by atoms with E-state index >= 15 is 0 Å². The summed E-state index contributed by atoms with van der Waals surface area (Å²) in [5.41, 5.74) is 2.65. The second-order valence-corrected chi connectivity index (χ2v) is 5.61. The second kappa shape index (κ2) is 5.15. The molecule has 2 atom stereocenters. The molecule has 2 N–H and O–H groups in total. The molecule has 2 nitrogen and oxygen atoms in total. The van der Waals surface area contributed by atoms with Crippen LogP contribution in [0.2, 0.25) is 0 Å². The SMILES string of the molecule is CC1CCCCC1NCc1cccc2[nH]ccc12. The van der Waals surface area contributed by atoms with Crippen LogP contribution in [0.15, 0.2) is 30.5 Å². The van der Waals surface area contributed by atoms with Gasteiger partial charge in [-0.3, -0.25) is 0 Å². The first kappa shape index (κ1) is 11.8. The molecule has 1 aliphatic carbocycles. The third kappa shape index (κ3) is 2.30. The Bertz CT molecular complexity index is 515. The van der Waals surface area contributed by atoms with Crippen LogP contribution in [0.5, 0.6) is 0 Å². The van der Waals surface area contributed by atoms with Crippen LogP contribution in [0.25, 0.3) is 10.9 Å². The zero-order valence-electron chi connectivity index (χ0n) is 11.1. The van der Waals surface area contributed by atoms with Gasteiger partial charge < -0.3 is 10.3 Å². The Kier molecular flexibility index (Phi) is 3.37. The van der Waals surface area contributed by atoms with E-state index in [4.69, 9.17) is 0 Å². The fourth-order valence-electron chi connectivity index (χ4n) is 3.17. The molecule has 0 bridgehead atoms. The minimum Gasteiger partial charge on any atom is -0.361 e. The van der Waals surface area contributed by atoms with Crippen molar-refractivity contribution in [2.75, 3.05) is 0 Å². The first-order valence-corrected chi connectivity index (χ1v) is 7.13. The highest BCUT2D eigenvalue weighted by molar-refractivity contribution is 5.82. The molecule has 0 aliphatic heterocycles. The van der Waals surface area contributed by atoms with Gasteiger partial charge in [0.1, 0.15) is 0 Å². The van der Waals surface area contributed by atoms with E-state index in [0.717, 1.165) is 12.5 Å². The van der Waals surface area contributed by atoms with Gasteiger partial charge in [-0.1, -0.05) is 31.9 Å². The fourth-order valence-corrected chi connectivity index (χ4v) is 3.17. The molecular formula is C16H22N2. The number of aromatic nitrogens is 1. The van der Waals surface area contributed by atoms with Crippen molar-refractivity contribution in [3.05, 3.63) is 36.0 Å². The highest BCUT2D eigenvalue weighted by atomic mass is 14.9. The Hall–Kier alpha value is -1.28. The van der Waals surface area contributed by atoms with Crippen molar-refractivity contribution in [1.29, 1.82) is 0 Å². The maximum Gasteiger partial charge on any atom is 0.0457 e. The Morgan fingerprint density at radius 1 is 1.22 bits per heavy atom. The highest BCUT2D eigenvalue weighted by Crippen LogP contribution is 2.24. The highest BCUT2D eigenvalue weighted by Gasteiger charge is 2.20. The van der Waals surface area contributed by atoms with Crippen LogP contribution in [0.4, 0.5) is 0 Å². The van der Waals surface area contributed by atoms with Gasteiger partial charge in [0.25, 0.3) is 0 Å². The first-order valence-electron chi connectivity index (χ1n) is 7.13. The van der Waals surface area contributed by atoms with E-state index in [9.17, 15) is 0 Å². The normalized spacial score (nSPS) is 24.5. The molecule has 0 radical (unpaired) electrons. The molecule has 1 fully saturated rings. The standard InChI is InChI=1S/C16H22N2/c1-12-5-2-3-7-15(12)18-11-13-6-4-8-16-14(13)9-10-17-16/h4,6,8-10,12,15,17-18H,2-3,5,7,11H2,1H3. The summed E-state index contributed by atoms with van der Waals surface area (Å²) in [6, 6.07) is 9.39. The summed E-state index contributed by atoms with van der Waals surface area (Å²) in [5.74, 6) is 0.823. The summed E-state index contributed by atoms with van der Waals surface area (Å²) in [5, 5.41) is 5.11. The van der Waals surface area contributed by atoms with Crippen LogP contribution in [0, 0.1) is 5.92 Å². The van der Waals surface area contributed by atoms with Crippen LogP contribution >= 0.6 is 0 Å². The molecule has 2 unspecified atom stereocenters. The van der Waals surface area contributed by atoms with E-state index in [-0.39, 0.29) is 0 Å². The predicted molar refractivity (Wildman–Crippen MR) is 76.6 cm³/mol. The molecule has 3 rings (SSSR count). The van der Waals surface area contributed by atoms with Crippen LogP contribution in [-0.2, 0) is 6.54 Å². The van der Waals surface area contributed by atoms with Crippen molar-refractivity contribution < 1.29 is 0 Å². The number of nitrogens with one attached hydrogen (secondary N) is 2. The van der Waals surface area contributed by atoms with E-state index in [1.54, 1.807) is 0 Å². The smallest absolute Gasteiger partial charge is 0.0457 e. The summed E-state index contributed by atoms with van der Waals surface area (Å²) in [7, 11) is 0. The summed E-state index contributed by atoms with van der Waals surface area (Å²) in [4.78, 5) is 3.28. The zero-order chi connectivity index (χ0) is 12.4. The summed E-state index contributed by atoms with van der Waals surface area (Å²) in [6.45, 7) is 3.37. The van der Waals surface area contributed by atoms with Gasteiger partial charge in [0.05, 0.1) is 0 Å². The van der Waals surface area contributed by atoms with Gasteiger partial charge in [-0.2, -0.15) is 0 Å². The van der Waals surface area contributed by atoms with Crippen molar-refractivity contribution >= 4 is 10.9 Å². The number of hydrogen-bond acceptors (Lipinski definition) is 1. The maximum atomic E-state index is 3.76. The van der Waals surface area contributed by atoms with Gasteiger partial charge in [-0.25, -0.2) is 0 Å². The van der Waals surface area contributed by atoms with E-state index in [1.165, 1.54) is 42.1 Å². The third-order valence-corrected chi connectivity index (χ3v) is 4.35. The zero-order valence-corrected chi connectivity index (χ0v) is 11.1. The van der Waals surface area contributed by atoms with Crippen molar-refractivity contribution in [3.63, 3.8) is 0 Å². The van der Waals surface area contributed by atoms with Crippen molar-refractivity contribution in [2.24, 2.45) is 5.92 Å². The van der Waals surface area contributed by atoms with Crippen molar-refractivity contribution in [3.8, 4) is 0 Å². The summed E-state index contributed by atoms with van der Waals surface area (Å²) < 4.78 is 0. The van der Waals surface area contributed by atoms with Gasteiger partial charge in [-0.15, -0.1) is 0 Å². The fraction of sp³-hybridized carbons (Fsp3) is 0.500. The van der Waals surface area contributed by atoms with Crippen LogP contribution < -0.4 is 5.32 Å². The predicted octanol–water partition coefficient (Wildman–Crippen LogP) is 3.84. The quantitative estimate of drug-likeness (QED) is 0.841. The molecule has 1 aliphatic rings. The van der Waals surface area contributed by atoms with Gasteiger partial charge in [0, 0.05) is 29.7 Å². The molecule has 2 heteroatoms. The van der Waals surface area contributed by atoms with Gasteiger partial charge in [0.15, 0.2) is 0 Å². The maximum absolute atomic E-state index is 3.76. The molecule has 1 aromatic heterocycles. The molecule has 2 aromatic rings.